The zero-order valence-electron chi connectivity index (χ0n) is 14.3. The number of benzene rings is 2. The Hall–Kier alpha value is -0.651. The van der Waals surface area contributed by atoms with Crippen LogP contribution in [-0.2, 0) is 23.7 Å². The molecule has 1 atom stereocenters. The van der Waals surface area contributed by atoms with Crippen LogP contribution in [0, 0.1) is 63.4 Å². The molecule has 26 heavy (non-hydrogen) atoms. The fourth-order valence-corrected chi connectivity index (χ4v) is 5.16. The van der Waals surface area contributed by atoms with Gasteiger partial charge >= 0.3 is 17.1 Å². The Balaban J connectivity index is 0.000000351. The van der Waals surface area contributed by atoms with Gasteiger partial charge in [-0.25, -0.2) is 0 Å². The molecule has 0 aliphatic heterocycles. The van der Waals surface area contributed by atoms with E-state index in [1.807, 2.05) is 50.3 Å². The molecular weight excluding hydrogens is 379 g/mol. The molecule has 2 aliphatic carbocycles. The van der Waals surface area contributed by atoms with Crippen molar-refractivity contribution in [3.63, 3.8) is 0 Å². The Morgan fingerprint density at radius 3 is 1.77 bits per heavy atom. The normalized spacial score (nSPS) is 17.9. The molecule has 1 N–H and O–H groups in total. The maximum atomic E-state index is 9.62. The molecule has 2 saturated carbocycles. The molecule has 0 amide bonds. The van der Waals surface area contributed by atoms with E-state index in [9.17, 15) is 5.11 Å². The third kappa shape index (κ3) is 5.93. The van der Waals surface area contributed by atoms with Gasteiger partial charge in [0.2, 0.25) is 0 Å². The van der Waals surface area contributed by atoms with Gasteiger partial charge in [-0.15, -0.1) is 0 Å². The molecule has 2 aromatic rings. The van der Waals surface area contributed by atoms with Gasteiger partial charge in [0.1, 0.15) is 0 Å². The van der Waals surface area contributed by atoms with Gasteiger partial charge in [0.15, 0.2) is 0 Å². The van der Waals surface area contributed by atoms with Gasteiger partial charge in [0.05, 0.1) is 6.61 Å². The van der Waals surface area contributed by atoms with E-state index in [0.717, 1.165) is 5.56 Å². The van der Waals surface area contributed by atoms with Gasteiger partial charge in [0, 0.05) is 5.66 Å². The molecule has 0 aromatic heterocycles. The summed E-state index contributed by atoms with van der Waals surface area (Å²) >= 11 is 0. The Labute approximate surface area is 170 Å². The van der Waals surface area contributed by atoms with Crippen molar-refractivity contribution in [2.45, 2.75) is 6.61 Å². The van der Waals surface area contributed by atoms with Crippen LogP contribution >= 0.6 is 7.92 Å². The summed E-state index contributed by atoms with van der Waals surface area (Å²) in [6.45, 7) is 0.0859. The number of rotatable bonds is 4. The molecule has 2 fully saturated rings. The van der Waals surface area contributed by atoms with E-state index >= 15 is 0 Å². The van der Waals surface area contributed by atoms with Crippen LogP contribution in [0.3, 0.4) is 0 Å². The molecule has 10 radical (unpaired) electrons. The summed E-state index contributed by atoms with van der Waals surface area (Å²) in [5.74, 6) is 0. The minimum absolute atomic E-state index is 0. The predicted octanol–water partition coefficient (Wildman–Crippen LogP) is 3.99. The first-order valence-corrected chi connectivity index (χ1v) is 9.66. The summed E-state index contributed by atoms with van der Waals surface area (Å²) in [6.07, 6.45) is 18.5. The predicted molar refractivity (Wildman–Crippen MR) is 107 cm³/mol. The van der Waals surface area contributed by atoms with Crippen molar-refractivity contribution in [2.24, 2.45) is 0 Å². The fourth-order valence-electron chi connectivity index (χ4n) is 2.70. The van der Waals surface area contributed by atoms with Crippen molar-refractivity contribution in [3.05, 3.63) is 124 Å². The van der Waals surface area contributed by atoms with Crippen LogP contribution < -0.4 is 10.6 Å². The van der Waals surface area contributed by atoms with Crippen LogP contribution in [0.2, 0.25) is 0 Å². The van der Waals surface area contributed by atoms with Crippen molar-refractivity contribution < 1.29 is 22.2 Å². The van der Waals surface area contributed by atoms with Gasteiger partial charge in [0.25, 0.3) is 0 Å². The van der Waals surface area contributed by atoms with Crippen molar-refractivity contribution in [1.29, 1.82) is 0 Å². The van der Waals surface area contributed by atoms with Gasteiger partial charge < -0.3 is 5.11 Å². The van der Waals surface area contributed by atoms with Crippen LogP contribution in [0.1, 0.15) is 5.56 Å². The number of aliphatic hydroxyl groups excluding tert-OH is 1. The van der Waals surface area contributed by atoms with Crippen LogP contribution in [0.15, 0.2) is 54.6 Å². The standard InChI is InChI=1S/C18H16OP.C5H5.Fe/c19-14-15-8-4-7-13-18(15)20(17-11-5-6-12-17)16-9-2-1-3-10-16;1-2-4-5-3-1;/h1-13,19H,14H2;1-5H;/q;;+2/t20-;;/m1../s1. The summed E-state index contributed by atoms with van der Waals surface area (Å²) in [5.41, 5.74) is 2.34. The average molecular weight is 400 g/mol. The average Bonchev–Trinajstić information content (AvgIpc) is 3.40. The van der Waals surface area contributed by atoms with Crippen molar-refractivity contribution in [3.8, 4) is 0 Å². The Morgan fingerprint density at radius 1 is 0.654 bits per heavy atom. The minimum atomic E-state index is -0.596. The molecule has 1 nitrogen and oxygen atoms in total. The van der Waals surface area contributed by atoms with Crippen molar-refractivity contribution in [1.82, 2.24) is 0 Å². The molecule has 0 spiro atoms. The van der Waals surface area contributed by atoms with Crippen molar-refractivity contribution >= 4 is 18.5 Å². The molecule has 3 heteroatoms. The second kappa shape index (κ2) is 11.9. The maximum absolute atomic E-state index is 9.62. The number of hydrogen-bond donors (Lipinski definition) is 1. The first-order valence-electron chi connectivity index (χ1n) is 8.32. The molecule has 0 unspecified atom stereocenters. The van der Waals surface area contributed by atoms with Crippen LogP contribution in [-0.4, -0.2) is 5.11 Å². The van der Waals surface area contributed by atoms with E-state index in [-0.39, 0.29) is 23.7 Å². The molecule has 0 bridgehead atoms. The summed E-state index contributed by atoms with van der Waals surface area (Å²) < 4.78 is 0. The molecule has 2 aromatic carbocycles. The molecular formula is C23H21FeOP+2. The number of aliphatic hydroxyl groups is 1. The van der Waals surface area contributed by atoms with Crippen molar-refractivity contribution in [2.75, 3.05) is 0 Å². The second-order valence-electron chi connectivity index (χ2n) is 5.56. The zero-order chi connectivity index (χ0) is 17.3. The van der Waals surface area contributed by atoms with Gasteiger partial charge in [-0.2, -0.15) is 0 Å². The summed E-state index contributed by atoms with van der Waals surface area (Å²) in [7, 11) is -0.596. The summed E-state index contributed by atoms with van der Waals surface area (Å²) in [5, 5.41) is 12.2. The maximum Gasteiger partial charge on any atom is 2.00 e. The van der Waals surface area contributed by atoms with Gasteiger partial charge in [-0.3, -0.25) is 0 Å². The molecule has 4 rings (SSSR count). The van der Waals surface area contributed by atoms with E-state index < -0.39 is 7.92 Å². The minimum Gasteiger partial charge on any atom is -0.392 e. The molecule has 2 aliphatic rings. The largest absolute Gasteiger partial charge is 2.00 e. The monoisotopic (exact) mass is 400 g/mol. The van der Waals surface area contributed by atoms with Crippen LogP contribution in [0.5, 0.6) is 0 Å². The zero-order valence-corrected chi connectivity index (χ0v) is 16.3. The first kappa shape index (κ1) is 21.6. The smallest absolute Gasteiger partial charge is 0.392 e. The topological polar surface area (TPSA) is 20.2 Å². The third-order valence-corrected chi connectivity index (χ3v) is 6.42. The van der Waals surface area contributed by atoms with Gasteiger partial charge in [-0.1, -0.05) is 54.6 Å². The quantitative estimate of drug-likeness (QED) is 0.608. The van der Waals surface area contributed by atoms with E-state index in [2.05, 4.69) is 62.1 Å². The van der Waals surface area contributed by atoms with E-state index in [0.29, 0.717) is 0 Å². The van der Waals surface area contributed by atoms with E-state index in [4.69, 9.17) is 0 Å². The SMILES string of the molecule is OCc1ccccc1[P@@]([C]1[CH][CH][CH][CH]1)c1ccccc1.[CH]1[CH][CH][CH][CH]1.[Fe+2]. The molecule has 130 valence electrons. The Morgan fingerprint density at radius 2 is 1.19 bits per heavy atom. The Bertz CT molecular complexity index is 614. The fraction of sp³-hybridized carbons (Fsp3) is 0.0435. The Kier molecular flexibility index (Phi) is 9.94. The summed E-state index contributed by atoms with van der Waals surface area (Å²) in [6, 6.07) is 18.7. The molecule has 0 heterocycles. The second-order valence-corrected chi connectivity index (χ2v) is 7.75. The molecule has 0 saturated heterocycles. The first-order chi connectivity index (χ1) is 12.4. The van der Waals surface area contributed by atoms with Crippen LogP contribution in [0.25, 0.3) is 0 Å². The third-order valence-electron chi connectivity index (χ3n) is 3.88. The van der Waals surface area contributed by atoms with Crippen LogP contribution in [0.4, 0.5) is 0 Å². The summed E-state index contributed by atoms with van der Waals surface area (Å²) in [4.78, 5) is 0. The van der Waals surface area contributed by atoms with E-state index in [1.54, 1.807) is 0 Å². The van der Waals surface area contributed by atoms with E-state index in [1.165, 1.54) is 16.3 Å². The van der Waals surface area contributed by atoms with Gasteiger partial charge in [-0.05, 0) is 81.9 Å². The number of hydrogen-bond acceptors (Lipinski definition) is 1.